The molecule has 0 saturated carbocycles. The van der Waals surface area contributed by atoms with Gasteiger partial charge in [-0.25, -0.2) is 0 Å². The topological polar surface area (TPSA) is 31.5 Å². The Hall–Kier alpha value is 3.78. The summed E-state index contributed by atoms with van der Waals surface area (Å²) in [5.74, 6) is 0. The number of hydrogen-bond donors (Lipinski definition) is 0. The van der Waals surface area contributed by atoms with Gasteiger partial charge in [0.2, 0.25) is 0 Å². The Balaban J connectivity index is 0. The van der Waals surface area contributed by atoms with Gasteiger partial charge in [-0.1, -0.05) is 0 Å². The molecule has 0 aliphatic heterocycles. The number of hydrogen-bond acceptors (Lipinski definition) is 0. The molecule has 1 nitrogen and oxygen atoms in total. The summed E-state index contributed by atoms with van der Waals surface area (Å²) in [7, 11) is 0. The Morgan fingerprint density at radius 2 is 1.00 bits per heavy atom. The van der Waals surface area contributed by atoms with Crippen molar-refractivity contribution in [1.29, 1.82) is 0 Å². The first-order chi connectivity index (χ1) is 0. The van der Waals surface area contributed by atoms with Crippen LogP contribution in [0.3, 0.4) is 0 Å². The van der Waals surface area contributed by atoms with Gasteiger partial charge >= 0.3 is 117 Å². The minimum atomic E-state index is 0. The fourth-order valence-electron chi connectivity index (χ4n) is 0. The van der Waals surface area contributed by atoms with Crippen LogP contribution in [0.1, 0.15) is 0 Å². The fourth-order valence-corrected chi connectivity index (χ4v) is 0. The third-order valence-corrected chi connectivity index (χ3v) is 0. The molecule has 0 heterocycles. The van der Waals surface area contributed by atoms with E-state index in [4.69, 9.17) is 0 Å². The Morgan fingerprint density at radius 3 is 1.00 bits per heavy atom. The van der Waals surface area contributed by atoms with Crippen LogP contribution in [0.5, 0.6) is 0 Å². The maximum atomic E-state index is 0. The van der Waals surface area contributed by atoms with E-state index in [9.17, 15) is 0 Å². The summed E-state index contributed by atoms with van der Waals surface area (Å²) < 4.78 is 0. The molecule has 0 atom stereocenters. The van der Waals surface area contributed by atoms with Crippen LogP contribution in [0.15, 0.2) is 0 Å². The zero-order valence-electron chi connectivity index (χ0n) is 0.500. The van der Waals surface area contributed by atoms with Crippen molar-refractivity contribution in [2.45, 2.75) is 0 Å². The van der Waals surface area contributed by atoms with Gasteiger partial charge in [-0.3, -0.25) is 0 Å². The SMILES string of the molecule is O.[BaH2].[MgH2].[SrH2]. The van der Waals surface area contributed by atoms with E-state index in [1.165, 1.54) is 0 Å². The molecule has 0 saturated heterocycles. The van der Waals surface area contributed by atoms with E-state index in [0.717, 1.165) is 0 Å². The zero-order valence-corrected chi connectivity index (χ0v) is 0.500. The average Bonchev–Trinajstić information content (AvgIpc) is 0. The first kappa shape index (κ1) is 25.0. The number of rotatable bonds is 0. The third kappa shape index (κ3) is 9.24. The predicted octanol–water partition coefficient (Wildman–Crippen LogP) is -3.57. The Labute approximate surface area is 119 Å². The molecule has 0 bridgehead atoms. The molecular formula is H8BaMgOSr. The first-order valence-electron chi connectivity index (χ1n) is 0. The molecule has 0 aliphatic rings. The summed E-state index contributed by atoms with van der Waals surface area (Å²) in [5.41, 5.74) is 0. The van der Waals surface area contributed by atoms with Gasteiger partial charge in [0, 0.05) is 0 Å². The van der Waals surface area contributed by atoms with E-state index < -0.39 is 0 Å². The van der Waals surface area contributed by atoms with Gasteiger partial charge in [-0.05, 0) is 0 Å². The predicted molar refractivity (Wildman–Crippen MR) is 29.2 cm³/mol. The van der Waals surface area contributed by atoms with Crippen LogP contribution in [-0.2, 0) is 0 Å². The Bertz CT molecular complexity index is 8.00. The van der Waals surface area contributed by atoms with Gasteiger partial charge in [0.15, 0.2) is 0 Å². The van der Waals surface area contributed by atoms with Crippen molar-refractivity contribution in [3.63, 3.8) is 0 Å². The molecule has 0 aromatic heterocycles. The van der Waals surface area contributed by atoms with Crippen LogP contribution in [-0.4, -0.2) is 123 Å². The van der Waals surface area contributed by atoms with Crippen LogP contribution in [0.2, 0.25) is 0 Å². The molecule has 0 spiro atoms. The van der Waals surface area contributed by atoms with Crippen molar-refractivity contribution < 1.29 is 5.48 Å². The molecule has 20 valence electrons. The third-order valence-electron chi connectivity index (χ3n) is 0. The first-order valence-corrected chi connectivity index (χ1v) is 0. The van der Waals surface area contributed by atoms with E-state index in [1.54, 1.807) is 0 Å². The van der Waals surface area contributed by atoms with Crippen LogP contribution < -0.4 is 0 Å². The van der Waals surface area contributed by atoms with Crippen molar-refractivity contribution >= 4 is 117 Å². The van der Waals surface area contributed by atoms with E-state index in [0.29, 0.717) is 0 Å². The van der Waals surface area contributed by atoms with Gasteiger partial charge in [0.05, 0.1) is 0 Å². The van der Waals surface area contributed by atoms with E-state index in [-0.39, 0.29) is 123 Å². The molecule has 0 radical (unpaired) electrons. The molecular weight excluding hydrogens is 265 g/mol. The van der Waals surface area contributed by atoms with E-state index in [1.807, 2.05) is 0 Å². The molecule has 0 amide bonds. The second kappa shape index (κ2) is 15.9. The molecule has 2 N–H and O–H groups in total. The molecule has 4 heavy (non-hydrogen) atoms. The standard InChI is InChI=1S/Ba.Mg.H2O.Sr.6H/h;;1H2;;;;;;;. The van der Waals surface area contributed by atoms with Crippen LogP contribution in [0, 0.1) is 0 Å². The molecule has 0 unspecified atom stereocenters. The van der Waals surface area contributed by atoms with Crippen molar-refractivity contribution in [2.24, 2.45) is 0 Å². The summed E-state index contributed by atoms with van der Waals surface area (Å²) >= 11 is 0. The quantitative estimate of drug-likeness (QED) is 0.409. The maximum absolute atomic E-state index is 0. The van der Waals surface area contributed by atoms with Gasteiger partial charge in [0.25, 0.3) is 0 Å². The summed E-state index contributed by atoms with van der Waals surface area (Å²) in [4.78, 5) is 0. The minimum absolute atomic E-state index is 0. The van der Waals surface area contributed by atoms with Crippen LogP contribution in [0.4, 0.5) is 0 Å². The second-order valence-electron chi connectivity index (χ2n) is 0. The van der Waals surface area contributed by atoms with E-state index >= 15 is 0 Å². The monoisotopic (exact) mass is 274 g/mol. The molecule has 0 fully saturated rings. The van der Waals surface area contributed by atoms with Gasteiger partial charge in [0.1, 0.15) is 0 Å². The Morgan fingerprint density at radius 1 is 1.00 bits per heavy atom. The molecule has 0 aromatic rings. The van der Waals surface area contributed by atoms with Gasteiger partial charge in [-0.2, -0.15) is 0 Å². The zero-order chi connectivity index (χ0) is 0. The van der Waals surface area contributed by atoms with Crippen LogP contribution in [0.25, 0.3) is 0 Å². The second-order valence-corrected chi connectivity index (χ2v) is 0. The van der Waals surface area contributed by atoms with Crippen LogP contribution >= 0.6 is 0 Å². The summed E-state index contributed by atoms with van der Waals surface area (Å²) in [6.07, 6.45) is 0. The summed E-state index contributed by atoms with van der Waals surface area (Å²) in [6.45, 7) is 0. The molecule has 0 aliphatic carbocycles. The van der Waals surface area contributed by atoms with Gasteiger partial charge < -0.3 is 5.48 Å². The van der Waals surface area contributed by atoms with E-state index in [2.05, 4.69) is 0 Å². The van der Waals surface area contributed by atoms with Gasteiger partial charge in [-0.15, -0.1) is 0 Å². The van der Waals surface area contributed by atoms with Crippen molar-refractivity contribution in [1.82, 2.24) is 0 Å². The van der Waals surface area contributed by atoms with Crippen molar-refractivity contribution in [3.05, 3.63) is 0 Å². The summed E-state index contributed by atoms with van der Waals surface area (Å²) in [6, 6.07) is 0. The summed E-state index contributed by atoms with van der Waals surface area (Å²) in [5, 5.41) is 0. The Kier molecular flexibility index (Phi) is 99.2. The molecule has 0 aromatic carbocycles. The average molecular weight is 273 g/mol. The normalized spacial score (nSPS) is 0. The van der Waals surface area contributed by atoms with Crippen molar-refractivity contribution in [3.8, 4) is 0 Å². The molecule has 4 heteroatoms. The molecule has 0 rings (SSSR count). The fraction of sp³-hybridized carbons (Fsp3) is 0. The van der Waals surface area contributed by atoms with Crippen molar-refractivity contribution in [2.75, 3.05) is 0 Å².